The molecule has 1 amide bonds. The van der Waals surface area contributed by atoms with Crippen molar-refractivity contribution >= 4 is 17.2 Å². The number of imidazole rings is 1. The van der Waals surface area contributed by atoms with Crippen molar-refractivity contribution in [2.45, 2.75) is 58.3 Å². The molecule has 0 saturated heterocycles. The molecule has 0 spiro atoms. The summed E-state index contributed by atoms with van der Waals surface area (Å²) < 4.78 is 8.03. The van der Waals surface area contributed by atoms with Crippen molar-refractivity contribution in [3.63, 3.8) is 0 Å². The fourth-order valence-electron chi connectivity index (χ4n) is 4.56. The third-order valence-corrected chi connectivity index (χ3v) is 6.34. The molecule has 32 heavy (non-hydrogen) atoms. The number of aromatic nitrogens is 3. The van der Waals surface area contributed by atoms with Gasteiger partial charge in [0, 0.05) is 37.3 Å². The number of hydrogen-bond acceptors (Lipinski definition) is 5. The Kier molecular flexibility index (Phi) is 6.93. The summed E-state index contributed by atoms with van der Waals surface area (Å²) in [6.45, 7) is 5.20. The molecule has 0 aliphatic heterocycles. The normalized spacial score (nSPS) is 18.6. The number of fused-ring (bicyclic) bond motifs is 1. The number of unbranched alkanes of at least 4 members (excludes halogenated alkanes) is 1. The number of nitrogen functional groups attached to an aromatic ring is 1. The van der Waals surface area contributed by atoms with Crippen molar-refractivity contribution in [2.24, 2.45) is 5.92 Å². The molecule has 170 valence electrons. The van der Waals surface area contributed by atoms with Crippen LogP contribution in [0.2, 0.25) is 0 Å². The maximum absolute atomic E-state index is 11.2. The lowest BCUT2D eigenvalue weighted by atomic mass is 9.81. The maximum Gasteiger partial charge on any atom is 0.216 e. The quantitative estimate of drug-likeness (QED) is 0.506. The van der Waals surface area contributed by atoms with Crippen LogP contribution in [0, 0.1) is 5.92 Å². The van der Waals surface area contributed by atoms with E-state index < -0.39 is 0 Å². The van der Waals surface area contributed by atoms with Gasteiger partial charge in [-0.3, -0.25) is 9.20 Å². The van der Waals surface area contributed by atoms with Crippen LogP contribution < -0.4 is 15.8 Å². The van der Waals surface area contributed by atoms with Gasteiger partial charge >= 0.3 is 0 Å². The van der Waals surface area contributed by atoms with Gasteiger partial charge in [0.05, 0.1) is 6.61 Å². The summed E-state index contributed by atoms with van der Waals surface area (Å²) in [6, 6.07) is 8.08. The number of carbonyl (C=O) groups is 1. The summed E-state index contributed by atoms with van der Waals surface area (Å²) in [5, 5.41) is 2.96. The summed E-state index contributed by atoms with van der Waals surface area (Å²) >= 11 is 0. The van der Waals surface area contributed by atoms with E-state index in [1.54, 1.807) is 13.1 Å². The zero-order valence-corrected chi connectivity index (χ0v) is 19.0. The number of nitrogens with one attached hydrogen (secondary N) is 1. The van der Waals surface area contributed by atoms with E-state index in [9.17, 15) is 4.79 Å². The van der Waals surface area contributed by atoms with Crippen LogP contribution >= 0.6 is 0 Å². The minimum Gasteiger partial charge on any atom is -0.494 e. The third kappa shape index (κ3) is 4.87. The Morgan fingerprint density at radius 1 is 1.28 bits per heavy atom. The Morgan fingerprint density at radius 3 is 2.84 bits per heavy atom. The number of hydrogen-bond donors (Lipinski definition) is 2. The van der Waals surface area contributed by atoms with Gasteiger partial charge < -0.3 is 15.8 Å². The molecule has 0 atom stereocenters. The number of nitrogens with zero attached hydrogens (tertiary/aromatic N) is 3. The van der Waals surface area contributed by atoms with Crippen molar-refractivity contribution in [3.8, 4) is 17.0 Å². The first-order valence-corrected chi connectivity index (χ1v) is 11.7. The Balaban J connectivity index is 1.61. The van der Waals surface area contributed by atoms with Crippen LogP contribution in [0.5, 0.6) is 5.75 Å². The molecule has 4 rings (SSSR count). The standard InChI is InChI=1S/C25H33N5O2/c1-3-4-14-32-21-7-5-6-20(15-21)22-23-24(26)27-12-13-30(23)25(29-22)19-10-8-18(9-11-19)16-28-17(2)31/h5-7,12-13,15,18-19H,3-4,8-11,14,16H2,1-2H3,(H2,26,27)(H,28,31)/t18-,19-. The predicted octanol–water partition coefficient (Wildman–Crippen LogP) is 4.57. The summed E-state index contributed by atoms with van der Waals surface area (Å²) in [5.41, 5.74) is 9.02. The van der Waals surface area contributed by atoms with Crippen molar-refractivity contribution < 1.29 is 9.53 Å². The Labute approximate surface area is 189 Å². The van der Waals surface area contributed by atoms with Crippen LogP contribution in [0.15, 0.2) is 36.7 Å². The number of ether oxygens (including phenoxy) is 1. The van der Waals surface area contributed by atoms with Crippen LogP contribution in [-0.2, 0) is 4.79 Å². The first-order chi connectivity index (χ1) is 15.6. The molecule has 7 nitrogen and oxygen atoms in total. The van der Waals surface area contributed by atoms with Crippen molar-refractivity contribution in [2.75, 3.05) is 18.9 Å². The van der Waals surface area contributed by atoms with Crippen LogP contribution in [0.25, 0.3) is 16.8 Å². The topological polar surface area (TPSA) is 94.5 Å². The molecule has 3 N–H and O–H groups in total. The molecule has 2 aromatic heterocycles. The lowest BCUT2D eigenvalue weighted by Gasteiger charge is -2.27. The van der Waals surface area contributed by atoms with Gasteiger partial charge in [-0.05, 0) is 50.2 Å². The average Bonchev–Trinajstić information content (AvgIpc) is 3.19. The minimum absolute atomic E-state index is 0.0416. The molecule has 3 aromatic rings. The molecule has 1 aromatic carbocycles. The highest BCUT2D eigenvalue weighted by atomic mass is 16.5. The number of benzene rings is 1. The van der Waals surface area contributed by atoms with Gasteiger partial charge in [0.15, 0.2) is 0 Å². The number of carbonyl (C=O) groups excluding carboxylic acids is 1. The number of rotatable bonds is 8. The van der Waals surface area contributed by atoms with E-state index in [-0.39, 0.29) is 5.91 Å². The fourth-order valence-corrected chi connectivity index (χ4v) is 4.56. The summed E-state index contributed by atoms with van der Waals surface area (Å²) in [7, 11) is 0. The number of nitrogens with two attached hydrogens (primary N) is 1. The molecule has 0 bridgehead atoms. The second-order valence-electron chi connectivity index (χ2n) is 8.73. The van der Waals surface area contributed by atoms with E-state index >= 15 is 0 Å². The molecule has 1 saturated carbocycles. The lowest BCUT2D eigenvalue weighted by Crippen LogP contribution is -2.29. The van der Waals surface area contributed by atoms with Crippen molar-refractivity contribution in [1.29, 1.82) is 0 Å². The van der Waals surface area contributed by atoms with E-state index in [1.807, 2.05) is 24.4 Å². The van der Waals surface area contributed by atoms with Crippen LogP contribution in [0.3, 0.4) is 0 Å². The predicted molar refractivity (Wildman–Crippen MR) is 127 cm³/mol. The average molecular weight is 436 g/mol. The molecule has 7 heteroatoms. The second-order valence-corrected chi connectivity index (χ2v) is 8.73. The molecule has 2 heterocycles. The SMILES string of the molecule is CCCCOc1cccc(-c2nc([C@H]3CC[C@H](CNC(C)=O)CC3)n3ccnc(N)c23)c1. The number of anilines is 1. The lowest BCUT2D eigenvalue weighted by molar-refractivity contribution is -0.119. The number of amides is 1. The molecular weight excluding hydrogens is 402 g/mol. The van der Waals surface area contributed by atoms with Gasteiger partial charge in [0.25, 0.3) is 0 Å². The minimum atomic E-state index is 0.0416. The monoisotopic (exact) mass is 435 g/mol. The fraction of sp³-hybridized carbons (Fsp3) is 0.480. The molecule has 0 radical (unpaired) electrons. The summed E-state index contributed by atoms with van der Waals surface area (Å²) in [6.07, 6.45) is 10.1. The molecule has 1 aliphatic rings. The first kappa shape index (κ1) is 22.1. The zero-order valence-electron chi connectivity index (χ0n) is 19.0. The Morgan fingerprint density at radius 2 is 2.09 bits per heavy atom. The first-order valence-electron chi connectivity index (χ1n) is 11.7. The second kappa shape index (κ2) is 10.0. The highest BCUT2D eigenvalue weighted by Crippen LogP contribution is 2.38. The van der Waals surface area contributed by atoms with Crippen LogP contribution in [0.1, 0.15) is 64.1 Å². The van der Waals surface area contributed by atoms with E-state index in [0.29, 0.717) is 24.3 Å². The van der Waals surface area contributed by atoms with Gasteiger partial charge in [-0.15, -0.1) is 0 Å². The van der Waals surface area contributed by atoms with Crippen molar-refractivity contribution in [3.05, 3.63) is 42.5 Å². The molecular formula is C25H33N5O2. The van der Waals surface area contributed by atoms with Gasteiger partial charge in [-0.25, -0.2) is 9.97 Å². The molecule has 0 unspecified atom stereocenters. The zero-order chi connectivity index (χ0) is 22.5. The van der Waals surface area contributed by atoms with Crippen molar-refractivity contribution in [1.82, 2.24) is 19.7 Å². The summed E-state index contributed by atoms with van der Waals surface area (Å²) in [5.74, 6) is 3.30. The van der Waals surface area contributed by atoms with Gasteiger partial charge in [-0.1, -0.05) is 25.5 Å². The summed E-state index contributed by atoms with van der Waals surface area (Å²) in [4.78, 5) is 20.7. The Hall–Kier alpha value is -3.09. The van der Waals surface area contributed by atoms with E-state index in [0.717, 1.165) is 73.4 Å². The third-order valence-electron chi connectivity index (χ3n) is 6.34. The van der Waals surface area contributed by atoms with Gasteiger partial charge in [0.1, 0.15) is 28.6 Å². The molecule has 1 aliphatic carbocycles. The van der Waals surface area contributed by atoms with Crippen LogP contribution in [-0.4, -0.2) is 33.4 Å². The Bertz CT molecular complexity index is 1070. The van der Waals surface area contributed by atoms with E-state index in [1.165, 1.54) is 0 Å². The van der Waals surface area contributed by atoms with Gasteiger partial charge in [0.2, 0.25) is 5.91 Å². The van der Waals surface area contributed by atoms with Crippen LogP contribution in [0.4, 0.5) is 5.82 Å². The highest BCUT2D eigenvalue weighted by Gasteiger charge is 2.27. The smallest absolute Gasteiger partial charge is 0.216 e. The highest BCUT2D eigenvalue weighted by molar-refractivity contribution is 5.85. The van der Waals surface area contributed by atoms with E-state index in [2.05, 4.69) is 27.7 Å². The van der Waals surface area contributed by atoms with E-state index in [4.69, 9.17) is 15.5 Å². The maximum atomic E-state index is 11.2. The molecule has 1 fully saturated rings. The van der Waals surface area contributed by atoms with Gasteiger partial charge in [-0.2, -0.15) is 0 Å². The largest absolute Gasteiger partial charge is 0.494 e.